The first-order valence-corrected chi connectivity index (χ1v) is 15.4. The minimum atomic E-state index is -1.35. The van der Waals surface area contributed by atoms with Crippen molar-refractivity contribution in [3.8, 4) is 0 Å². The predicted octanol–water partition coefficient (Wildman–Crippen LogP) is 4.65. The topological polar surface area (TPSA) is 119 Å². The molecular formula is C31H35Cl2FN4O5. The smallest absolute Gasteiger partial charge is 0.334 e. The van der Waals surface area contributed by atoms with Gasteiger partial charge in [-0.2, -0.15) is 0 Å². The van der Waals surface area contributed by atoms with E-state index in [0.29, 0.717) is 42.0 Å². The van der Waals surface area contributed by atoms with E-state index in [1.165, 1.54) is 19.4 Å². The number of nitrogens with one attached hydrogen (secondary N) is 3. The Morgan fingerprint density at radius 1 is 1.14 bits per heavy atom. The van der Waals surface area contributed by atoms with Crippen LogP contribution < -0.4 is 16.0 Å². The SMILES string of the molecule is COC(=O)[C@@H]1CC[C@@H](NC(=O)[C@@H]2NC3(CCC(C)(C)CC3)[C@@]3(C(=O)Nc4cc(Cl)ccc43)[C@H]2c2ccnc(Cl)c2F)CO1. The van der Waals surface area contributed by atoms with Gasteiger partial charge in [-0.25, -0.2) is 14.2 Å². The number of hydrogen-bond acceptors (Lipinski definition) is 7. The lowest BCUT2D eigenvalue weighted by Crippen LogP contribution is -2.61. The number of benzene rings is 1. The van der Waals surface area contributed by atoms with Crippen LogP contribution in [0, 0.1) is 11.2 Å². The van der Waals surface area contributed by atoms with E-state index in [0.717, 1.165) is 12.8 Å². The molecule has 6 rings (SSSR count). The van der Waals surface area contributed by atoms with Gasteiger partial charge in [-0.1, -0.05) is 43.1 Å². The summed E-state index contributed by atoms with van der Waals surface area (Å²) in [6.07, 6.45) is 4.35. The molecule has 230 valence electrons. The zero-order valence-corrected chi connectivity index (χ0v) is 25.8. The van der Waals surface area contributed by atoms with Gasteiger partial charge in [-0.15, -0.1) is 0 Å². The summed E-state index contributed by atoms with van der Waals surface area (Å²) in [5.41, 5.74) is -0.843. The van der Waals surface area contributed by atoms with E-state index < -0.39 is 46.7 Å². The number of rotatable bonds is 4. The predicted molar refractivity (Wildman–Crippen MR) is 159 cm³/mol. The van der Waals surface area contributed by atoms with Gasteiger partial charge < -0.3 is 20.1 Å². The highest BCUT2D eigenvalue weighted by Gasteiger charge is 2.73. The van der Waals surface area contributed by atoms with Gasteiger partial charge in [0.1, 0.15) is 5.41 Å². The van der Waals surface area contributed by atoms with Gasteiger partial charge in [0.15, 0.2) is 17.1 Å². The number of hydrogen-bond donors (Lipinski definition) is 3. The normalized spacial score (nSPS) is 30.6. The van der Waals surface area contributed by atoms with E-state index in [1.54, 1.807) is 12.1 Å². The highest BCUT2D eigenvalue weighted by atomic mass is 35.5. The van der Waals surface area contributed by atoms with Crippen LogP contribution in [0.5, 0.6) is 0 Å². The van der Waals surface area contributed by atoms with Crippen LogP contribution in [-0.2, 0) is 29.3 Å². The second kappa shape index (κ2) is 11.0. The monoisotopic (exact) mass is 632 g/mol. The molecule has 0 bridgehead atoms. The van der Waals surface area contributed by atoms with Crippen molar-refractivity contribution >= 4 is 46.7 Å². The Balaban J connectivity index is 1.46. The number of carbonyl (C=O) groups is 3. The van der Waals surface area contributed by atoms with Crippen molar-refractivity contribution in [1.29, 1.82) is 0 Å². The number of esters is 1. The number of amides is 2. The Morgan fingerprint density at radius 2 is 1.88 bits per heavy atom. The number of fused-ring (bicyclic) bond motifs is 3. The number of aromatic nitrogens is 1. The molecule has 1 saturated carbocycles. The lowest BCUT2D eigenvalue weighted by molar-refractivity contribution is -0.158. The van der Waals surface area contributed by atoms with Crippen molar-refractivity contribution in [1.82, 2.24) is 15.6 Å². The molecule has 1 aromatic carbocycles. The van der Waals surface area contributed by atoms with E-state index in [4.69, 9.17) is 32.7 Å². The second-order valence-corrected chi connectivity index (χ2v) is 13.7. The Morgan fingerprint density at radius 3 is 2.56 bits per heavy atom. The van der Waals surface area contributed by atoms with Gasteiger partial charge in [-0.3, -0.25) is 14.9 Å². The van der Waals surface area contributed by atoms with Gasteiger partial charge in [0.2, 0.25) is 11.8 Å². The molecule has 43 heavy (non-hydrogen) atoms. The molecule has 2 aromatic rings. The van der Waals surface area contributed by atoms with E-state index in [9.17, 15) is 14.4 Å². The third kappa shape index (κ3) is 4.81. The molecule has 0 unspecified atom stereocenters. The number of anilines is 1. The van der Waals surface area contributed by atoms with Crippen molar-refractivity contribution < 1.29 is 28.2 Å². The number of halogens is 3. The van der Waals surface area contributed by atoms with E-state index in [2.05, 4.69) is 34.8 Å². The van der Waals surface area contributed by atoms with Crippen LogP contribution in [0.3, 0.4) is 0 Å². The van der Waals surface area contributed by atoms with Crippen molar-refractivity contribution in [2.75, 3.05) is 19.0 Å². The van der Waals surface area contributed by atoms with Crippen LogP contribution >= 0.6 is 23.2 Å². The molecule has 5 atom stereocenters. The van der Waals surface area contributed by atoms with E-state index in [1.807, 2.05) is 6.07 Å². The summed E-state index contributed by atoms with van der Waals surface area (Å²) in [6.45, 7) is 4.50. The molecule has 3 N–H and O–H groups in total. The van der Waals surface area contributed by atoms with Crippen LogP contribution in [0.25, 0.3) is 0 Å². The van der Waals surface area contributed by atoms with Crippen molar-refractivity contribution in [3.05, 3.63) is 57.6 Å². The molecule has 2 saturated heterocycles. The van der Waals surface area contributed by atoms with Gasteiger partial charge in [0.25, 0.3) is 0 Å². The number of ether oxygens (including phenoxy) is 2. The number of nitrogens with zero attached hydrogens (tertiary/aromatic N) is 1. The van der Waals surface area contributed by atoms with Gasteiger partial charge in [-0.05, 0) is 73.3 Å². The molecule has 12 heteroatoms. The Kier molecular flexibility index (Phi) is 7.72. The quantitative estimate of drug-likeness (QED) is 0.332. The van der Waals surface area contributed by atoms with Crippen molar-refractivity contribution in [2.24, 2.45) is 5.41 Å². The molecule has 4 heterocycles. The lowest BCUT2D eigenvalue weighted by atomic mass is 9.53. The number of pyridine rings is 1. The summed E-state index contributed by atoms with van der Waals surface area (Å²) in [7, 11) is 1.30. The number of methoxy groups -OCH3 is 1. The first-order valence-electron chi connectivity index (χ1n) is 14.6. The maximum Gasteiger partial charge on any atom is 0.334 e. The third-order valence-corrected chi connectivity index (χ3v) is 10.5. The van der Waals surface area contributed by atoms with Crippen LogP contribution in [0.1, 0.15) is 69.4 Å². The molecule has 3 fully saturated rings. The van der Waals surface area contributed by atoms with Crippen molar-refractivity contribution in [2.45, 2.75) is 87.4 Å². The second-order valence-electron chi connectivity index (χ2n) is 12.9. The third-order valence-electron chi connectivity index (χ3n) is 10.0. The largest absolute Gasteiger partial charge is 0.467 e. The zero-order chi connectivity index (χ0) is 30.7. The van der Waals surface area contributed by atoms with Gasteiger partial charge in [0.05, 0.1) is 25.8 Å². The van der Waals surface area contributed by atoms with Crippen LogP contribution in [0.4, 0.5) is 10.1 Å². The Bertz CT molecular complexity index is 1470. The first-order chi connectivity index (χ1) is 20.4. The molecule has 0 radical (unpaired) electrons. The first kappa shape index (κ1) is 30.2. The van der Waals surface area contributed by atoms with Crippen LogP contribution in [0.2, 0.25) is 10.2 Å². The van der Waals surface area contributed by atoms with E-state index in [-0.39, 0.29) is 34.7 Å². The minimum absolute atomic E-state index is 0.0305. The summed E-state index contributed by atoms with van der Waals surface area (Å²) in [4.78, 5) is 44.6. The van der Waals surface area contributed by atoms with Crippen LogP contribution in [-0.4, -0.2) is 60.2 Å². The fourth-order valence-corrected chi connectivity index (χ4v) is 8.14. The van der Waals surface area contributed by atoms with Crippen molar-refractivity contribution in [3.63, 3.8) is 0 Å². The highest BCUT2D eigenvalue weighted by molar-refractivity contribution is 6.31. The minimum Gasteiger partial charge on any atom is -0.467 e. The molecule has 2 amide bonds. The number of carbonyl (C=O) groups excluding carboxylic acids is 3. The average molecular weight is 634 g/mol. The molecule has 4 aliphatic rings. The van der Waals surface area contributed by atoms with Gasteiger partial charge >= 0.3 is 5.97 Å². The lowest BCUT2D eigenvalue weighted by Gasteiger charge is -2.50. The molecule has 3 aliphatic heterocycles. The van der Waals surface area contributed by atoms with Gasteiger partial charge in [0, 0.05) is 28.4 Å². The fraction of sp³-hybridized carbons (Fsp3) is 0.548. The highest BCUT2D eigenvalue weighted by Crippen LogP contribution is 2.64. The van der Waals surface area contributed by atoms with Crippen LogP contribution in [0.15, 0.2) is 30.5 Å². The fourth-order valence-electron chi connectivity index (χ4n) is 7.80. The summed E-state index contributed by atoms with van der Waals surface area (Å²) >= 11 is 12.6. The molecule has 9 nitrogen and oxygen atoms in total. The maximum atomic E-state index is 16.0. The summed E-state index contributed by atoms with van der Waals surface area (Å²) in [5, 5.41) is 9.84. The Labute approximate surface area is 259 Å². The molecule has 2 spiro atoms. The summed E-state index contributed by atoms with van der Waals surface area (Å²) in [6, 6.07) is 5.35. The Hall–Kier alpha value is -2.79. The summed E-state index contributed by atoms with van der Waals surface area (Å²) < 4.78 is 26.5. The maximum absolute atomic E-state index is 16.0. The molecule has 1 aromatic heterocycles. The molecule has 1 aliphatic carbocycles. The standard InChI is InChI=1S/C31H35Cl2FN4O5/c1-29(2)9-11-30(12-10-29)31(19-6-4-16(32)14-20(19)37-28(31)41)22(18-8-13-35-25(33)23(18)34)24(38-30)26(39)36-17-5-7-21(43-15-17)27(40)42-3/h4,6,8,13-14,17,21-22,24,38H,5,7,9-12,15H2,1-3H3,(H,36,39)(H,37,41)/t17-,21+,22+,24-,31-/m1/s1. The summed E-state index contributed by atoms with van der Waals surface area (Å²) in [5.74, 6) is -2.89. The zero-order valence-electron chi connectivity index (χ0n) is 24.3. The van der Waals surface area contributed by atoms with E-state index >= 15 is 4.39 Å². The average Bonchev–Trinajstić information content (AvgIpc) is 3.44. The molecular weight excluding hydrogens is 598 g/mol.